The fourth-order valence-electron chi connectivity index (χ4n) is 3.63. The maximum atomic E-state index is 12.8. The number of likely N-dealkylation sites (tertiary alicyclic amines) is 1. The molecule has 1 fully saturated rings. The Morgan fingerprint density at radius 3 is 2.65 bits per heavy atom. The number of nitrogens with zero attached hydrogens (tertiary/aromatic N) is 4. The quantitative estimate of drug-likeness (QED) is 0.759. The molecule has 0 saturated carbocycles. The largest absolute Gasteiger partial charge is 0.396 e. The summed E-state index contributed by atoms with van der Waals surface area (Å²) in [6.07, 6.45) is 2.51. The minimum Gasteiger partial charge on any atom is -0.396 e. The number of aromatic amines is 1. The zero-order chi connectivity index (χ0) is 18.3. The van der Waals surface area contributed by atoms with Gasteiger partial charge in [0, 0.05) is 30.3 Å². The summed E-state index contributed by atoms with van der Waals surface area (Å²) in [5, 5.41) is 11.4. The summed E-state index contributed by atoms with van der Waals surface area (Å²) in [6.45, 7) is 5.37. The summed E-state index contributed by atoms with van der Waals surface area (Å²) in [4.78, 5) is 14.7. The van der Waals surface area contributed by atoms with Gasteiger partial charge in [-0.3, -0.25) is 9.89 Å². The van der Waals surface area contributed by atoms with Gasteiger partial charge in [-0.15, -0.1) is 0 Å². The smallest absolute Gasteiger partial charge is 0.253 e. The van der Waals surface area contributed by atoms with Gasteiger partial charge in [0.2, 0.25) is 0 Å². The van der Waals surface area contributed by atoms with E-state index in [2.05, 4.69) is 15.3 Å². The second-order valence-electron chi connectivity index (χ2n) is 6.86. The van der Waals surface area contributed by atoms with Crippen molar-refractivity contribution in [1.29, 1.82) is 0 Å². The van der Waals surface area contributed by atoms with Crippen molar-refractivity contribution < 1.29 is 4.79 Å². The number of nitrogens with two attached hydrogens (primary N) is 1. The SMILES string of the molecule is Cc1cc(C)n(-c2ccc(C(=O)N3CCC(c4[nH]ncc4N)C3)cc2)n1. The van der Waals surface area contributed by atoms with Crippen LogP contribution in [0.2, 0.25) is 0 Å². The van der Waals surface area contributed by atoms with Crippen molar-refractivity contribution in [3.05, 3.63) is 59.2 Å². The van der Waals surface area contributed by atoms with Crippen molar-refractivity contribution in [2.75, 3.05) is 18.8 Å². The average molecular weight is 350 g/mol. The van der Waals surface area contributed by atoms with E-state index in [4.69, 9.17) is 5.73 Å². The maximum absolute atomic E-state index is 12.8. The molecular formula is C19H22N6O. The summed E-state index contributed by atoms with van der Waals surface area (Å²) in [7, 11) is 0. The Labute approximate surface area is 151 Å². The lowest BCUT2D eigenvalue weighted by Crippen LogP contribution is -2.28. The number of hydrogen-bond donors (Lipinski definition) is 2. The van der Waals surface area contributed by atoms with Crippen LogP contribution in [0.1, 0.15) is 39.8 Å². The van der Waals surface area contributed by atoms with Gasteiger partial charge >= 0.3 is 0 Å². The molecule has 26 heavy (non-hydrogen) atoms. The monoisotopic (exact) mass is 350 g/mol. The molecule has 7 heteroatoms. The molecule has 0 spiro atoms. The second kappa shape index (κ2) is 6.33. The molecule has 4 rings (SSSR count). The molecule has 1 aliphatic heterocycles. The number of H-pyrrole nitrogens is 1. The first kappa shape index (κ1) is 16.4. The first-order valence-corrected chi connectivity index (χ1v) is 8.74. The molecule has 3 N–H and O–H groups in total. The Morgan fingerprint density at radius 1 is 1.27 bits per heavy atom. The Kier molecular flexibility index (Phi) is 3.99. The number of carbonyl (C=O) groups is 1. The molecule has 1 saturated heterocycles. The summed E-state index contributed by atoms with van der Waals surface area (Å²) < 4.78 is 1.89. The molecule has 3 heterocycles. The van der Waals surface area contributed by atoms with Gasteiger partial charge in [0.05, 0.1) is 29.0 Å². The third kappa shape index (κ3) is 2.85. The van der Waals surface area contributed by atoms with Crippen LogP contribution in [-0.2, 0) is 0 Å². The van der Waals surface area contributed by atoms with E-state index >= 15 is 0 Å². The lowest BCUT2D eigenvalue weighted by atomic mass is 10.0. The highest BCUT2D eigenvalue weighted by atomic mass is 16.2. The molecule has 1 aromatic carbocycles. The predicted molar refractivity (Wildman–Crippen MR) is 99.3 cm³/mol. The van der Waals surface area contributed by atoms with E-state index in [1.165, 1.54) is 0 Å². The Hall–Kier alpha value is -3.09. The number of nitrogens with one attached hydrogen (secondary N) is 1. The van der Waals surface area contributed by atoms with Crippen LogP contribution in [0.25, 0.3) is 5.69 Å². The molecule has 7 nitrogen and oxygen atoms in total. The van der Waals surface area contributed by atoms with Gasteiger partial charge in [-0.2, -0.15) is 10.2 Å². The van der Waals surface area contributed by atoms with Crippen LogP contribution in [-0.4, -0.2) is 43.9 Å². The van der Waals surface area contributed by atoms with Gasteiger partial charge < -0.3 is 10.6 Å². The summed E-state index contributed by atoms with van der Waals surface area (Å²) >= 11 is 0. The Morgan fingerprint density at radius 2 is 2.04 bits per heavy atom. The number of amides is 1. The first-order chi connectivity index (χ1) is 12.5. The number of benzene rings is 1. The molecular weight excluding hydrogens is 328 g/mol. The number of rotatable bonds is 3. The predicted octanol–water partition coefficient (Wildman–Crippen LogP) is 2.42. The number of nitrogen functional groups attached to an aromatic ring is 1. The fraction of sp³-hybridized carbons (Fsp3) is 0.316. The lowest BCUT2D eigenvalue weighted by molar-refractivity contribution is 0.0790. The van der Waals surface area contributed by atoms with Crippen LogP contribution >= 0.6 is 0 Å². The molecule has 0 radical (unpaired) electrons. The van der Waals surface area contributed by atoms with E-state index in [0.717, 1.165) is 35.7 Å². The third-order valence-electron chi connectivity index (χ3n) is 4.95. The van der Waals surface area contributed by atoms with Gasteiger partial charge in [-0.1, -0.05) is 0 Å². The Bertz CT molecular complexity index is 939. The zero-order valence-electron chi connectivity index (χ0n) is 14.9. The van der Waals surface area contributed by atoms with Crippen LogP contribution in [0.4, 0.5) is 5.69 Å². The van der Waals surface area contributed by atoms with Crippen LogP contribution < -0.4 is 5.73 Å². The molecule has 134 valence electrons. The number of hydrogen-bond acceptors (Lipinski definition) is 4. The van der Waals surface area contributed by atoms with Crippen LogP contribution in [0.3, 0.4) is 0 Å². The van der Waals surface area contributed by atoms with Gasteiger partial charge in [0.25, 0.3) is 5.91 Å². The molecule has 0 aliphatic carbocycles. The van der Waals surface area contributed by atoms with Crippen molar-refractivity contribution in [3.8, 4) is 5.69 Å². The van der Waals surface area contributed by atoms with Gasteiger partial charge in [0.1, 0.15) is 0 Å². The highest BCUT2D eigenvalue weighted by Gasteiger charge is 2.30. The topological polar surface area (TPSA) is 92.8 Å². The van der Waals surface area contributed by atoms with Crippen LogP contribution in [0.15, 0.2) is 36.5 Å². The summed E-state index contributed by atoms with van der Waals surface area (Å²) in [6, 6.07) is 9.64. The molecule has 1 unspecified atom stereocenters. The second-order valence-corrected chi connectivity index (χ2v) is 6.86. The Balaban J connectivity index is 1.49. The summed E-state index contributed by atoms with van der Waals surface area (Å²) in [5.41, 5.74) is 11.2. The van der Waals surface area contributed by atoms with Crippen LogP contribution in [0, 0.1) is 13.8 Å². The highest BCUT2D eigenvalue weighted by Crippen LogP contribution is 2.30. The number of anilines is 1. The number of aryl methyl sites for hydroxylation is 2. The van der Waals surface area contributed by atoms with E-state index in [9.17, 15) is 4.79 Å². The minimum absolute atomic E-state index is 0.0468. The highest BCUT2D eigenvalue weighted by molar-refractivity contribution is 5.94. The number of carbonyl (C=O) groups excluding carboxylic acids is 1. The van der Waals surface area contributed by atoms with Gasteiger partial charge in [0.15, 0.2) is 0 Å². The van der Waals surface area contributed by atoms with E-state index in [1.807, 2.05) is 53.8 Å². The molecule has 1 atom stereocenters. The van der Waals surface area contributed by atoms with E-state index < -0.39 is 0 Å². The molecule has 0 bridgehead atoms. The minimum atomic E-state index is 0.0468. The summed E-state index contributed by atoms with van der Waals surface area (Å²) in [5.74, 6) is 0.265. The van der Waals surface area contributed by atoms with Gasteiger partial charge in [-0.05, 0) is 50.6 Å². The fourth-order valence-corrected chi connectivity index (χ4v) is 3.63. The third-order valence-corrected chi connectivity index (χ3v) is 4.95. The lowest BCUT2D eigenvalue weighted by Gasteiger charge is -2.17. The van der Waals surface area contributed by atoms with Crippen molar-refractivity contribution in [1.82, 2.24) is 24.9 Å². The van der Waals surface area contributed by atoms with Crippen molar-refractivity contribution >= 4 is 11.6 Å². The average Bonchev–Trinajstić information content (AvgIpc) is 3.34. The van der Waals surface area contributed by atoms with Gasteiger partial charge in [-0.25, -0.2) is 4.68 Å². The maximum Gasteiger partial charge on any atom is 0.253 e. The van der Waals surface area contributed by atoms with Crippen molar-refractivity contribution in [3.63, 3.8) is 0 Å². The normalized spacial score (nSPS) is 17.0. The number of aromatic nitrogens is 4. The van der Waals surface area contributed by atoms with Crippen molar-refractivity contribution in [2.24, 2.45) is 0 Å². The zero-order valence-corrected chi connectivity index (χ0v) is 14.9. The molecule has 1 aliphatic rings. The molecule has 1 amide bonds. The van der Waals surface area contributed by atoms with E-state index in [1.54, 1.807) is 6.20 Å². The molecule has 3 aromatic rings. The first-order valence-electron chi connectivity index (χ1n) is 8.74. The van der Waals surface area contributed by atoms with Crippen LogP contribution in [0.5, 0.6) is 0 Å². The standard InChI is InChI=1S/C19H22N6O/c1-12-9-13(2)25(23-12)16-5-3-14(4-6-16)19(26)24-8-7-15(11-24)18-17(20)10-21-22-18/h3-6,9-10,15H,7-8,11,20H2,1-2H3,(H,21,22). The molecule has 2 aromatic heterocycles. The van der Waals surface area contributed by atoms with Crippen molar-refractivity contribution in [2.45, 2.75) is 26.2 Å². The van der Waals surface area contributed by atoms with E-state index in [0.29, 0.717) is 17.8 Å². The van der Waals surface area contributed by atoms with E-state index in [-0.39, 0.29) is 11.8 Å².